The number of nitrogens with two attached hydrogens (primary N) is 1. The number of hydrogen-bond acceptors (Lipinski definition) is 4. The van der Waals surface area contributed by atoms with Gasteiger partial charge in [-0.15, -0.1) is 0 Å². The summed E-state index contributed by atoms with van der Waals surface area (Å²) in [5, 5.41) is 9.45. The van der Waals surface area contributed by atoms with Crippen molar-refractivity contribution in [2.45, 2.75) is 0 Å². The minimum Gasteiger partial charge on any atom is -0.495 e. The molecule has 1 heterocycles. The third-order valence-corrected chi connectivity index (χ3v) is 2.93. The lowest BCUT2D eigenvalue weighted by atomic mass is 10.1. The van der Waals surface area contributed by atoms with Crippen LogP contribution in [0, 0.1) is 0 Å². The zero-order chi connectivity index (χ0) is 14.0. The molecular weight excluding hydrogens is 268 g/mol. The quantitative estimate of drug-likeness (QED) is 0.901. The Balaban J connectivity index is 2.50. The van der Waals surface area contributed by atoms with Crippen molar-refractivity contribution in [3.8, 4) is 16.9 Å². The number of carboxylic acids is 1. The van der Waals surface area contributed by atoms with Gasteiger partial charge < -0.3 is 15.6 Å². The summed E-state index contributed by atoms with van der Waals surface area (Å²) in [6.45, 7) is 0. The molecule has 0 aliphatic carbocycles. The molecule has 98 valence electrons. The van der Waals surface area contributed by atoms with Gasteiger partial charge in [0.25, 0.3) is 0 Å². The molecule has 0 unspecified atom stereocenters. The van der Waals surface area contributed by atoms with Crippen molar-refractivity contribution in [3.63, 3.8) is 0 Å². The Morgan fingerprint density at radius 3 is 2.68 bits per heavy atom. The van der Waals surface area contributed by atoms with Gasteiger partial charge in [0.2, 0.25) is 0 Å². The Morgan fingerprint density at radius 2 is 2.11 bits per heavy atom. The monoisotopic (exact) mass is 278 g/mol. The van der Waals surface area contributed by atoms with Crippen LogP contribution in [0.5, 0.6) is 5.75 Å². The molecule has 0 bridgehead atoms. The zero-order valence-corrected chi connectivity index (χ0v) is 10.8. The number of ether oxygens (including phenoxy) is 1. The van der Waals surface area contributed by atoms with Crippen molar-refractivity contribution in [3.05, 3.63) is 41.0 Å². The fourth-order valence-electron chi connectivity index (χ4n) is 1.65. The molecule has 0 radical (unpaired) electrons. The number of halogens is 1. The van der Waals surface area contributed by atoms with Crippen LogP contribution in [0.4, 0.5) is 5.82 Å². The summed E-state index contributed by atoms with van der Waals surface area (Å²) in [5.74, 6) is -0.588. The highest BCUT2D eigenvalue weighted by molar-refractivity contribution is 6.32. The van der Waals surface area contributed by atoms with Gasteiger partial charge in [0.15, 0.2) is 0 Å². The molecule has 0 saturated carbocycles. The van der Waals surface area contributed by atoms with Gasteiger partial charge in [0.1, 0.15) is 17.1 Å². The standard InChI is InChI=1S/C13H11ClN2O3/c1-19-11-3-2-7(5-10(11)14)8-4-9(13(17)18)12(15)16-6-8/h2-6H,1H3,(H2,15,16)(H,17,18). The fourth-order valence-corrected chi connectivity index (χ4v) is 1.91. The molecule has 0 spiro atoms. The number of anilines is 1. The lowest BCUT2D eigenvalue weighted by molar-refractivity contribution is 0.0697. The molecule has 0 aliphatic rings. The zero-order valence-electron chi connectivity index (χ0n) is 10.1. The van der Waals surface area contributed by atoms with Gasteiger partial charge in [-0.3, -0.25) is 0 Å². The van der Waals surface area contributed by atoms with Crippen LogP contribution in [0.15, 0.2) is 30.5 Å². The Hall–Kier alpha value is -2.27. The van der Waals surface area contributed by atoms with Crippen LogP contribution in [0.25, 0.3) is 11.1 Å². The SMILES string of the molecule is COc1ccc(-c2cnc(N)c(C(=O)O)c2)cc1Cl. The second kappa shape index (κ2) is 5.16. The van der Waals surface area contributed by atoms with Gasteiger partial charge in [0.05, 0.1) is 12.1 Å². The topological polar surface area (TPSA) is 85.4 Å². The number of hydrogen-bond donors (Lipinski definition) is 2. The Morgan fingerprint density at radius 1 is 1.37 bits per heavy atom. The van der Waals surface area contributed by atoms with Gasteiger partial charge in [-0.1, -0.05) is 17.7 Å². The first-order chi connectivity index (χ1) is 9.02. The van der Waals surface area contributed by atoms with Crippen molar-refractivity contribution in [1.29, 1.82) is 0 Å². The molecule has 19 heavy (non-hydrogen) atoms. The van der Waals surface area contributed by atoms with Crippen molar-refractivity contribution in [1.82, 2.24) is 4.98 Å². The smallest absolute Gasteiger partial charge is 0.339 e. The van der Waals surface area contributed by atoms with E-state index < -0.39 is 5.97 Å². The predicted molar refractivity (Wildman–Crippen MR) is 72.6 cm³/mol. The van der Waals surface area contributed by atoms with E-state index in [0.29, 0.717) is 16.3 Å². The van der Waals surface area contributed by atoms with Gasteiger partial charge in [0, 0.05) is 11.8 Å². The van der Waals surface area contributed by atoms with Gasteiger partial charge in [-0.05, 0) is 23.8 Å². The molecule has 0 aliphatic heterocycles. The van der Waals surface area contributed by atoms with Crippen LogP contribution in [-0.4, -0.2) is 23.2 Å². The van der Waals surface area contributed by atoms with Crippen LogP contribution >= 0.6 is 11.6 Å². The second-order valence-corrected chi connectivity index (χ2v) is 4.22. The molecule has 2 aromatic rings. The molecule has 0 fully saturated rings. The molecule has 0 amide bonds. The number of aromatic nitrogens is 1. The van der Waals surface area contributed by atoms with E-state index in [4.69, 9.17) is 27.2 Å². The Bertz CT molecular complexity index is 644. The Labute approximate surface area is 114 Å². The first-order valence-electron chi connectivity index (χ1n) is 5.35. The van der Waals surface area contributed by atoms with E-state index in [9.17, 15) is 4.79 Å². The Kier molecular flexibility index (Phi) is 3.57. The number of pyridine rings is 1. The summed E-state index contributed by atoms with van der Waals surface area (Å²) in [6, 6.07) is 6.61. The fraction of sp³-hybridized carbons (Fsp3) is 0.0769. The number of rotatable bonds is 3. The highest BCUT2D eigenvalue weighted by atomic mass is 35.5. The number of carboxylic acid groups (broad SMARTS) is 1. The van der Waals surface area contributed by atoms with E-state index in [1.807, 2.05) is 0 Å². The molecular formula is C13H11ClN2O3. The summed E-state index contributed by atoms with van der Waals surface area (Å²) in [7, 11) is 1.52. The van der Waals surface area contributed by atoms with Gasteiger partial charge >= 0.3 is 5.97 Å². The van der Waals surface area contributed by atoms with Gasteiger partial charge in [-0.25, -0.2) is 9.78 Å². The molecule has 0 atom stereocenters. The number of carbonyl (C=O) groups is 1. The van der Waals surface area contributed by atoms with Crippen molar-refractivity contribution >= 4 is 23.4 Å². The largest absolute Gasteiger partial charge is 0.495 e. The summed E-state index contributed by atoms with van der Waals surface area (Å²) >= 11 is 6.03. The molecule has 1 aromatic carbocycles. The third kappa shape index (κ3) is 2.61. The summed E-state index contributed by atoms with van der Waals surface area (Å²) in [6.07, 6.45) is 1.50. The van der Waals surface area contributed by atoms with Crippen LogP contribution in [-0.2, 0) is 0 Å². The van der Waals surface area contributed by atoms with Gasteiger partial charge in [-0.2, -0.15) is 0 Å². The first kappa shape index (κ1) is 13.2. The van der Waals surface area contributed by atoms with E-state index in [0.717, 1.165) is 5.56 Å². The number of aromatic carboxylic acids is 1. The van der Waals surface area contributed by atoms with Crippen molar-refractivity contribution in [2.75, 3.05) is 12.8 Å². The van der Waals surface area contributed by atoms with Crippen LogP contribution in [0.3, 0.4) is 0 Å². The summed E-state index contributed by atoms with van der Waals surface area (Å²) < 4.78 is 5.06. The number of nitrogens with zero attached hydrogens (tertiary/aromatic N) is 1. The third-order valence-electron chi connectivity index (χ3n) is 2.63. The first-order valence-corrected chi connectivity index (χ1v) is 5.73. The number of methoxy groups -OCH3 is 1. The second-order valence-electron chi connectivity index (χ2n) is 3.81. The molecule has 5 nitrogen and oxygen atoms in total. The van der Waals surface area contributed by atoms with E-state index in [2.05, 4.69) is 4.98 Å². The van der Waals surface area contributed by atoms with Crippen molar-refractivity contribution in [2.24, 2.45) is 0 Å². The van der Waals surface area contributed by atoms with E-state index in [-0.39, 0.29) is 11.4 Å². The molecule has 0 saturated heterocycles. The summed E-state index contributed by atoms with van der Waals surface area (Å²) in [5.41, 5.74) is 6.83. The lowest BCUT2D eigenvalue weighted by Gasteiger charge is -2.07. The van der Waals surface area contributed by atoms with E-state index in [1.54, 1.807) is 18.2 Å². The van der Waals surface area contributed by atoms with Crippen molar-refractivity contribution < 1.29 is 14.6 Å². The summed E-state index contributed by atoms with van der Waals surface area (Å²) in [4.78, 5) is 14.9. The molecule has 1 aromatic heterocycles. The maximum absolute atomic E-state index is 11.0. The van der Waals surface area contributed by atoms with Crippen LogP contribution < -0.4 is 10.5 Å². The average Bonchev–Trinajstić information content (AvgIpc) is 2.38. The normalized spacial score (nSPS) is 10.2. The minimum absolute atomic E-state index is 0.0177. The average molecular weight is 279 g/mol. The highest BCUT2D eigenvalue weighted by Gasteiger charge is 2.12. The molecule has 6 heteroatoms. The van der Waals surface area contributed by atoms with Crippen LogP contribution in [0.2, 0.25) is 5.02 Å². The lowest BCUT2D eigenvalue weighted by Crippen LogP contribution is -2.04. The van der Waals surface area contributed by atoms with Crippen LogP contribution in [0.1, 0.15) is 10.4 Å². The molecule has 2 rings (SSSR count). The highest BCUT2D eigenvalue weighted by Crippen LogP contribution is 2.30. The minimum atomic E-state index is -1.12. The van der Waals surface area contributed by atoms with E-state index >= 15 is 0 Å². The number of nitrogen functional groups attached to an aromatic ring is 1. The predicted octanol–water partition coefficient (Wildman–Crippen LogP) is 2.69. The maximum atomic E-state index is 11.0. The molecule has 3 N–H and O–H groups in total. The van der Waals surface area contributed by atoms with E-state index in [1.165, 1.54) is 19.4 Å². The maximum Gasteiger partial charge on any atom is 0.339 e. The number of benzene rings is 1.